The molecule has 2 fully saturated rings. The standard InChI is InChI=1S/C20H26ClN3O6S/c21-15-7-6-14-16(12-30-18(14)19(15)29-11-13-4-5-13)23-31(27,28)9-3-1-2-8-24-10-17(25)22-20(24)26/h6-7,13,16,23H,1-5,8-12H2,(H,22,25,26). The van der Waals surface area contributed by atoms with Gasteiger partial charge in [0.2, 0.25) is 15.9 Å². The van der Waals surface area contributed by atoms with Gasteiger partial charge in [0.1, 0.15) is 13.2 Å². The molecule has 1 saturated heterocycles. The lowest BCUT2D eigenvalue weighted by Crippen LogP contribution is -2.31. The lowest BCUT2D eigenvalue weighted by molar-refractivity contribution is -0.118. The van der Waals surface area contributed by atoms with Crippen LogP contribution in [0, 0.1) is 5.92 Å². The molecule has 1 saturated carbocycles. The number of imide groups is 1. The van der Waals surface area contributed by atoms with E-state index in [4.69, 9.17) is 21.1 Å². The molecular weight excluding hydrogens is 446 g/mol. The molecule has 11 heteroatoms. The van der Waals surface area contributed by atoms with E-state index in [0.717, 1.165) is 18.4 Å². The Hall–Kier alpha value is -2.04. The zero-order valence-corrected chi connectivity index (χ0v) is 18.6. The number of benzene rings is 1. The summed E-state index contributed by atoms with van der Waals surface area (Å²) < 4.78 is 39.4. The van der Waals surface area contributed by atoms with Crippen molar-refractivity contribution in [2.45, 2.75) is 38.1 Å². The van der Waals surface area contributed by atoms with Gasteiger partial charge in [-0.1, -0.05) is 24.1 Å². The molecule has 3 amide bonds. The number of amides is 3. The summed E-state index contributed by atoms with van der Waals surface area (Å²) in [4.78, 5) is 24.1. The molecule has 0 spiro atoms. The Morgan fingerprint density at radius 3 is 2.74 bits per heavy atom. The maximum absolute atomic E-state index is 12.5. The SMILES string of the molecule is O=C1CN(CCCCCS(=O)(=O)NC2COc3c2ccc(Cl)c3OCC2CC2)C(=O)N1. The van der Waals surface area contributed by atoms with Crippen LogP contribution in [0.3, 0.4) is 0 Å². The van der Waals surface area contributed by atoms with E-state index in [1.807, 2.05) is 0 Å². The normalized spacial score (nSPS) is 20.5. The Labute approximate surface area is 186 Å². The van der Waals surface area contributed by atoms with Gasteiger partial charge in [0.05, 0.1) is 23.4 Å². The zero-order valence-electron chi connectivity index (χ0n) is 17.1. The van der Waals surface area contributed by atoms with E-state index < -0.39 is 16.1 Å². The number of fused-ring (bicyclic) bond motifs is 1. The molecule has 0 radical (unpaired) electrons. The number of sulfonamides is 1. The summed E-state index contributed by atoms with van der Waals surface area (Å²) in [5, 5.41) is 2.67. The van der Waals surface area contributed by atoms with E-state index in [9.17, 15) is 18.0 Å². The van der Waals surface area contributed by atoms with Gasteiger partial charge in [0.25, 0.3) is 0 Å². The first-order valence-corrected chi connectivity index (χ1v) is 12.5. The molecular formula is C20H26ClN3O6S. The van der Waals surface area contributed by atoms with Crippen molar-refractivity contribution in [2.75, 3.05) is 32.1 Å². The fourth-order valence-corrected chi connectivity index (χ4v) is 5.20. The van der Waals surface area contributed by atoms with Gasteiger partial charge >= 0.3 is 6.03 Å². The molecule has 1 aromatic carbocycles. The topological polar surface area (TPSA) is 114 Å². The average molecular weight is 472 g/mol. The van der Waals surface area contributed by atoms with Crippen LogP contribution < -0.4 is 19.5 Å². The van der Waals surface area contributed by atoms with Crippen molar-refractivity contribution in [2.24, 2.45) is 5.92 Å². The Balaban J connectivity index is 1.26. The first-order chi connectivity index (χ1) is 14.8. The molecule has 1 unspecified atom stereocenters. The minimum atomic E-state index is -3.52. The van der Waals surface area contributed by atoms with E-state index in [1.54, 1.807) is 12.1 Å². The predicted octanol–water partition coefficient (Wildman–Crippen LogP) is 2.20. The number of ether oxygens (including phenoxy) is 2. The van der Waals surface area contributed by atoms with Crippen LogP contribution >= 0.6 is 11.6 Å². The highest BCUT2D eigenvalue weighted by atomic mass is 35.5. The lowest BCUT2D eigenvalue weighted by Gasteiger charge is -2.14. The first-order valence-electron chi connectivity index (χ1n) is 10.5. The second-order valence-corrected chi connectivity index (χ2v) is 10.5. The Morgan fingerprint density at radius 2 is 2.03 bits per heavy atom. The van der Waals surface area contributed by atoms with Gasteiger partial charge in [-0.25, -0.2) is 17.9 Å². The minimum Gasteiger partial charge on any atom is -0.488 e. The maximum atomic E-state index is 12.5. The summed E-state index contributed by atoms with van der Waals surface area (Å²) in [5.41, 5.74) is 0.725. The second kappa shape index (κ2) is 9.22. The van der Waals surface area contributed by atoms with Crippen LogP contribution in [0.1, 0.15) is 43.7 Å². The predicted molar refractivity (Wildman–Crippen MR) is 114 cm³/mol. The molecule has 31 heavy (non-hydrogen) atoms. The van der Waals surface area contributed by atoms with Crippen LogP contribution in [0.2, 0.25) is 5.02 Å². The zero-order chi connectivity index (χ0) is 22.0. The van der Waals surface area contributed by atoms with E-state index in [-0.39, 0.29) is 30.8 Å². The highest BCUT2D eigenvalue weighted by molar-refractivity contribution is 7.89. The Bertz CT molecular complexity index is 966. The molecule has 2 aliphatic heterocycles. The van der Waals surface area contributed by atoms with Gasteiger partial charge in [-0.2, -0.15) is 0 Å². The fourth-order valence-electron chi connectivity index (χ4n) is 3.66. The Kier molecular flexibility index (Phi) is 6.59. The van der Waals surface area contributed by atoms with Crippen molar-refractivity contribution >= 4 is 33.6 Å². The van der Waals surface area contributed by atoms with Crippen LogP contribution in [-0.4, -0.2) is 57.3 Å². The van der Waals surface area contributed by atoms with E-state index in [0.29, 0.717) is 54.9 Å². The Morgan fingerprint density at radius 1 is 1.23 bits per heavy atom. The number of halogens is 1. The fraction of sp³-hybridized carbons (Fsp3) is 0.600. The van der Waals surface area contributed by atoms with Crippen molar-refractivity contribution in [3.63, 3.8) is 0 Å². The summed E-state index contributed by atoms with van der Waals surface area (Å²) in [7, 11) is -3.52. The van der Waals surface area contributed by atoms with Crippen LogP contribution in [0.5, 0.6) is 11.5 Å². The number of nitrogens with zero attached hydrogens (tertiary/aromatic N) is 1. The molecule has 1 aromatic rings. The highest BCUT2D eigenvalue weighted by Gasteiger charge is 2.32. The smallest absolute Gasteiger partial charge is 0.324 e. The van der Waals surface area contributed by atoms with Gasteiger partial charge in [-0.15, -0.1) is 0 Å². The molecule has 2 N–H and O–H groups in total. The second-order valence-electron chi connectivity index (χ2n) is 8.19. The third-order valence-corrected chi connectivity index (χ3v) is 7.32. The number of hydrogen-bond donors (Lipinski definition) is 2. The van der Waals surface area contributed by atoms with E-state index in [1.165, 1.54) is 4.90 Å². The summed E-state index contributed by atoms with van der Waals surface area (Å²) >= 11 is 6.26. The number of unbranched alkanes of at least 4 members (excludes halogenated alkanes) is 2. The number of urea groups is 1. The first kappa shape index (κ1) is 22.2. The van der Waals surface area contributed by atoms with Crippen molar-refractivity contribution in [3.05, 3.63) is 22.7 Å². The lowest BCUT2D eigenvalue weighted by atomic mass is 10.1. The van der Waals surface area contributed by atoms with Crippen LogP contribution in [-0.2, 0) is 14.8 Å². The van der Waals surface area contributed by atoms with Crippen molar-refractivity contribution in [1.29, 1.82) is 0 Å². The molecule has 1 atom stereocenters. The third-order valence-electron chi connectivity index (χ3n) is 5.56. The molecule has 170 valence electrons. The number of hydrogen-bond acceptors (Lipinski definition) is 6. The highest BCUT2D eigenvalue weighted by Crippen LogP contribution is 2.45. The number of carbonyl (C=O) groups is 2. The summed E-state index contributed by atoms with van der Waals surface area (Å²) in [6, 6.07) is 2.60. The molecule has 9 nitrogen and oxygen atoms in total. The number of rotatable bonds is 11. The monoisotopic (exact) mass is 471 g/mol. The quantitative estimate of drug-likeness (QED) is 0.378. The van der Waals surface area contributed by atoms with E-state index >= 15 is 0 Å². The molecule has 4 rings (SSSR count). The van der Waals surface area contributed by atoms with Gasteiger partial charge in [0.15, 0.2) is 11.5 Å². The maximum Gasteiger partial charge on any atom is 0.324 e. The molecule has 1 aliphatic carbocycles. The van der Waals surface area contributed by atoms with Crippen molar-refractivity contribution in [3.8, 4) is 11.5 Å². The van der Waals surface area contributed by atoms with Crippen molar-refractivity contribution in [1.82, 2.24) is 14.9 Å². The summed E-state index contributed by atoms with van der Waals surface area (Å²) in [6.45, 7) is 1.27. The summed E-state index contributed by atoms with van der Waals surface area (Å²) in [6.07, 6.45) is 4.02. The van der Waals surface area contributed by atoms with Gasteiger partial charge in [0, 0.05) is 12.1 Å². The van der Waals surface area contributed by atoms with Gasteiger partial charge < -0.3 is 14.4 Å². The number of nitrogens with one attached hydrogen (secondary N) is 2. The molecule has 3 aliphatic rings. The van der Waals surface area contributed by atoms with Crippen LogP contribution in [0.15, 0.2) is 12.1 Å². The van der Waals surface area contributed by atoms with Crippen LogP contribution in [0.4, 0.5) is 4.79 Å². The van der Waals surface area contributed by atoms with Gasteiger partial charge in [-0.3, -0.25) is 10.1 Å². The molecule has 2 heterocycles. The van der Waals surface area contributed by atoms with Crippen LogP contribution in [0.25, 0.3) is 0 Å². The number of carbonyl (C=O) groups excluding carboxylic acids is 2. The van der Waals surface area contributed by atoms with Gasteiger partial charge in [-0.05, 0) is 37.7 Å². The minimum absolute atomic E-state index is 0.0252. The molecule has 0 bridgehead atoms. The van der Waals surface area contributed by atoms with Crippen molar-refractivity contribution < 1.29 is 27.5 Å². The average Bonchev–Trinajstić information content (AvgIpc) is 3.37. The summed E-state index contributed by atoms with van der Waals surface area (Å²) in [5.74, 6) is 1.22. The largest absolute Gasteiger partial charge is 0.488 e. The third kappa shape index (κ3) is 5.61. The molecule has 0 aromatic heterocycles. The van der Waals surface area contributed by atoms with E-state index in [2.05, 4.69) is 10.0 Å².